The van der Waals surface area contributed by atoms with Gasteiger partial charge in [0.1, 0.15) is 0 Å². The molecule has 0 bridgehead atoms. The van der Waals surface area contributed by atoms with Crippen LogP contribution in [0.25, 0.3) is 10.9 Å². The second-order valence-electron chi connectivity index (χ2n) is 4.42. The van der Waals surface area contributed by atoms with E-state index in [1.807, 2.05) is 32.0 Å². The van der Waals surface area contributed by atoms with Crippen molar-refractivity contribution in [3.05, 3.63) is 35.0 Å². The maximum atomic E-state index is 8.94. The van der Waals surface area contributed by atoms with Crippen LogP contribution in [0.3, 0.4) is 0 Å². The van der Waals surface area contributed by atoms with Crippen molar-refractivity contribution in [3.63, 3.8) is 0 Å². The maximum Gasteiger partial charge on any atom is 0.0991 e. The number of fused-ring (bicyclic) bond motifs is 3. The molecule has 0 radical (unpaired) electrons. The van der Waals surface area contributed by atoms with Crippen LogP contribution in [-0.4, -0.2) is 11.1 Å². The number of benzene rings is 1. The van der Waals surface area contributed by atoms with Gasteiger partial charge in [-0.15, -0.1) is 0 Å². The van der Waals surface area contributed by atoms with Gasteiger partial charge in [0.15, 0.2) is 0 Å². The lowest BCUT2D eigenvalue weighted by Gasteiger charge is -2.19. The minimum absolute atomic E-state index is 0.176. The molecule has 3 nitrogen and oxygen atoms in total. The highest BCUT2D eigenvalue weighted by atomic mass is 32.1. The van der Waals surface area contributed by atoms with Crippen LogP contribution in [0.5, 0.6) is 0 Å². The SMILES string of the molecule is CC.N#Cc1ccc2[nH]c3c(c2c1)CC(OS)CC3. The third kappa shape index (κ3) is 2.63. The normalized spacial score (nSPS) is 17.3. The first-order valence-electron chi connectivity index (χ1n) is 6.65. The predicted octanol–water partition coefficient (Wildman–Crippen LogP) is 3.78. The van der Waals surface area contributed by atoms with Crippen LogP contribution in [-0.2, 0) is 17.0 Å². The fourth-order valence-corrected chi connectivity index (χ4v) is 2.72. The Bertz CT molecular complexity index is 612. The number of hydrogen-bond acceptors (Lipinski definition) is 3. The molecule has 3 rings (SSSR count). The van der Waals surface area contributed by atoms with E-state index in [1.165, 1.54) is 11.3 Å². The topological polar surface area (TPSA) is 48.8 Å². The summed E-state index contributed by atoms with van der Waals surface area (Å²) in [6.45, 7) is 4.00. The molecule has 2 aromatic rings. The minimum Gasteiger partial charge on any atom is -0.358 e. The fraction of sp³-hybridized carbons (Fsp3) is 0.400. The van der Waals surface area contributed by atoms with Gasteiger partial charge in [0, 0.05) is 23.0 Å². The molecule has 0 fully saturated rings. The van der Waals surface area contributed by atoms with Gasteiger partial charge in [0.25, 0.3) is 0 Å². The lowest BCUT2D eigenvalue weighted by Crippen LogP contribution is -2.18. The lowest BCUT2D eigenvalue weighted by atomic mass is 9.93. The highest BCUT2D eigenvalue weighted by Gasteiger charge is 2.22. The van der Waals surface area contributed by atoms with Crippen molar-refractivity contribution in [2.24, 2.45) is 0 Å². The second kappa shape index (κ2) is 6.14. The zero-order valence-corrected chi connectivity index (χ0v) is 12.1. The summed E-state index contributed by atoms with van der Waals surface area (Å²) in [7, 11) is 0. The maximum absolute atomic E-state index is 8.94. The number of thiol groups is 1. The van der Waals surface area contributed by atoms with Crippen LogP contribution in [0.1, 0.15) is 37.1 Å². The van der Waals surface area contributed by atoms with Gasteiger partial charge in [-0.25, -0.2) is 0 Å². The Kier molecular flexibility index (Phi) is 4.52. The molecular weight excluding hydrogens is 256 g/mol. The average Bonchev–Trinajstić information content (AvgIpc) is 2.85. The molecule has 1 atom stereocenters. The van der Waals surface area contributed by atoms with Crippen molar-refractivity contribution in [3.8, 4) is 6.07 Å². The molecule has 19 heavy (non-hydrogen) atoms. The van der Waals surface area contributed by atoms with Gasteiger partial charge in [-0.2, -0.15) is 5.26 Å². The third-order valence-electron chi connectivity index (χ3n) is 3.42. The van der Waals surface area contributed by atoms with Crippen molar-refractivity contribution >= 4 is 23.8 Å². The van der Waals surface area contributed by atoms with Gasteiger partial charge in [0.05, 0.1) is 17.7 Å². The van der Waals surface area contributed by atoms with Crippen LogP contribution in [0.4, 0.5) is 0 Å². The highest BCUT2D eigenvalue weighted by Crippen LogP contribution is 2.31. The summed E-state index contributed by atoms with van der Waals surface area (Å²) >= 11 is 3.91. The molecule has 0 saturated heterocycles. The Morgan fingerprint density at radius 3 is 2.89 bits per heavy atom. The van der Waals surface area contributed by atoms with Crippen LogP contribution in [0.2, 0.25) is 0 Å². The number of hydrogen-bond donors (Lipinski definition) is 2. The summed E-state index contributed by atoms with van der Waals surface area (Å²) in [5.41, 5.74) is 4.36. The molecule has 0 spiro atoms. The first kappa shape index (κ1) is 14.0. The fourth-order valence-electron chi connectivity index (χ4n) is 2.54. The van der Waals surface area contributed by atoms with Crippen molar-refractivity contribution in [2.75, 3.05) is 0 Å². The first-order valence-corrected chi connectivity index (χ1v) is 7.02. The Morgan fingerprint density at radius 2 is 2.21 bits per heavy atom. The Balaban J connectivity index is 0.000000637. The van der Waals surface area contributed by atoms with Crippen molar-refractivity contribution in [1.82, 2.24) is 4.98 Å². The van der Waals surface area contributed by atoms with E-state index in [1.54, 1.807) is 0 Å². The number of aromatic amines is 1. The highest BCUT2D eigenvalue weighted by molar-refractivity contribution is 7.75. The Morgan fingerprint density at radius 1 is 1.42 bits per heavy atom. The Labute approximate surface area is 119 Å². The summed E-state index contributed by atoms with van der Waals surface area (Å²) in [5.74, 6) is 0. The van der Waals surface area contributed by atoms with E-state index >= 15 is 0 Å². The zero-order chi connectivity index (χ0) is 13.8. The van der Waals surface area contributed by atoms with E-state index in [2.05, 4.69) is 24.0 Å². The smallest absolute Gasteiger partial charge is 0.0991 e. The number of nitrogens with one attached hydrogen (secondary N) is 1. The minimum atomic E-state index is 0.176. The van der Waals surface area contributed by atoms with E-state index in [0.717, 1.165) is 30.2 Å². The molecule has 4 heteroatoms. The first-order chi connectivity index (χ1) is 9.31. The van der Waals surface area contributed by atoms with E-state index in [0.29, 0.717) is 5.56 Å². The molecule has 0 aliphatic heterocycles. The molecule has 100 valence electrons. The van der Waals surface area contributed by atoms with E-state index < -0.39 is 0 Å². The van der Waals surface area contributed by atoms with Crippen molar-refractivity contribution in [1.29, 1.82) is 5.26 Å². The zero-order valence-electron chi connectivity index (χ0n) is 11.2. The summed E-state index contributed by atoms with van der Waals surface area (Å²) < 4.78 is 5.14. The quantitative estimate of drug-likeness (QED) is 0.614. The molecule has 1 aromatic heterocycles. The molecule has 1 unspecified atom stereocenters. The largest absolute Gasteiger partial charge is 0.358 e. The number of nitrogens with zero attached hydrogens (tertiary/aromatic N) is 1. The Hall–Kier alpha value is -1.44. The summed E-state index contributed by atoms with van der Waals surface area (Å²) in [6, 6.07) is 7.95. The van der Waals surface area contributed by atoms with Crippen LogP contribution < -0.4 is 0 Å². The molecule has 1 aromatic carbocycles. The number of aryl methyl sites for hydroxylation is 1. The molecule has 1 aliphatic rings. The summed E-state index contributed by atoms with van der Waals surface area (Å²) in [5, 5.41) is 10.1. The lowest BCUT2D eigenvalue weighted by molar-refractivity contribution is 0.226. The van der Waals surface area contributed by atoms with E-state index in [9.17, 15) is 0 Å². The molecule has 1 heterocycles. The van der Waals surface area contributed by atoms with Gasteiger partial charge in [-0.05, 0) is 49.5 Å². The van der Waals surface area contributed by atoms with Crippen molar-refractivity contribution in [2.45, 2.75) is 39.2 Å². The van der Waals surface area contributed by atoms with Crippen LogP contribution in [0.15, 0.2) is 18.2 Å². The molecule has 1 aliphatic carbocycles. The molecule has 1 N–H and O–H groups in total. The van der Waals surface area contributed by atoms with Gasteiger partial charge in [-0.1, -0.05) is 13.8 Å². The molecular formula is C15H18N2OS. The van der Waals surface area contributed by atoms with Crippen LogP contribution in [0, 0.1) is 11.3 Å². The third-order valence-corrected chi connectivity index (χ3v) is 3.72. The van der Waals surface area contributed by atoms with E-state index in [-0.39, 0.29) is 6.10 Å². The summed E-state index contributed by atoms with van der Waals surface area (Å²) in [4.78, 5) is 3.42. The molecule has 0 saturated carbocycles. The number of rotatable bonds is 1. The van der Waals surface area contributed by atoms with Crippen molar-refractivity contribution < 1.29 is 4.18 Å². The number of aromatic nitrogens is 1. The van der Waals surface area contributed by atoms with Gasteiger partial charge in [0.2, 0.25) is 0 Å². The average molecular weight is 274 g/mol. The molecule has 0 amide bonds. The predicted molar refractivity (Wildman–Crippen MR) is 80.2 cm³/mol. The van der Waals surface area contributed by atoms with E-state index in [4.69, 9.17) is 9.44 Å². The van der Waals surface area contributed by atoms with Gasteiger partial charge >= 0.3 is 0 Å². The standard InChI is InChI=1S/C13H12N2OS.C2H6/c14-7-8-1-3-12-10(5-8)11-6-9(16-17)2-4-13(11)15-12;1-2/h1,3,5,9,15,17H,2,4,6H2;1-2H3. The number of nitriles is 1. The summed E-state index contributed by atoms with van der Waals surface area (Å²) in [6.07, 6.45) is 3.02. The second-order valence-corrected chi connectivity index (χ2v) is 4.64. The number of H-pyrrole nitrogens is 1. The van der Waals surface area contributed by atoms with Gasteiger partial charge in [-0.3, -0.25) is 0 Å². The van der Waals surface area contributed by atoms with Crippen LogP contribution >= 0.6 is 12.9 Å². The van der Waals surface area contributed by atoms with Gasteiger partial charge < -0.3 is 9.17 Å². The monoisotopic (exact) mass is 274 g/mol.